The summed E-state index contributed by atoms with van der Waals surface area (Å²) in [6.45, 7) is 4.28. The molecule has 0 heterocycles. The molecule has 0 unspecified atom stereocenters. The molecule has 1 aromatic rings. The van der Waals surface area contributed by atoms with Gasteiger partial charge in [-0.3, -0.25) is 4.79 Å². The zero-order valence-electron chi connectivity index (χ0n) is 11.5. The first-order chi connectivity index (χ1) is 8.76. The summed E-state index contributed by atoms with van der Waals surface area (Å²) in [5.41, 5.74) is 3.57. The van der Waals surface area contributed by atoms with Crippen LogP contribution in [-0.2, 0) is 17.6 Å². The predicted molar refractivity (Wildman–Crippen MR) is 75.8 cm³/mol. The topological polar surface area (TPSA) is 29.1 Å². The molecule has 1 aliphatic rings. The minimum absolute atomic E-state index is 0.225. The molecule has 1 amide bonds. The van der Waals surface area contributed by atoms with Crippen molar-refractivity contribution in [2.45, 2.75) is 52.4 Å². The van der Waals surface area contributed by atoms with Crippen LogP contribution >= 0.6 is 0 Å². The summed E-state index contributed by atoms with van der Waals surface area (Å²) in [5, 5.41) is 3.18. The fourth-order valence-corrected chi connectivity index (χ4v) is 2.82. The highest BCUT2D eigenvalue weighted by molar-refractivity contribution is 5.94. The monoisotopic (exact) mass is 245 g/mol. The summed E-state index contributed by atoms with van der Waals surface area (Å²) in [4.78, 5) is 12.2. The lowest BCUT2D eigenvalue weighted by Gasteiger charge is -2.16. The minimum atomic E-state index is 0.225. The molecule has 1 saturated carbocycles. The predicted octanol–water partition coefficient (Wildman–Crippen LogP) is 3.94. The number of rotatable bonds is 4. The molecule has 2 rings (SSSR count). The Hall–Kier alpha value is -1.31. The normalized spacial score (nSPS) is 15.9. The second-order valence-electron chi connectivity index (χ2n) is 5.13. The van der Waals surface area contributed by atoms with Crippen LogP contribution in [0.5, 0.6) is 0 Å². The Kier molecular flexibility index (Phi) is 4.40. The van der Waals surface area contributed by atoms with E-state index in [1.54, 1.807) is 0 Å². The van der Waals surface area contributed by atoms with E-state index in [1.807, 2.05) is 0 Å². The average molecular weight is 245 g/mol. The molecule has 0 spiro atoms. The second-order valence-corrected chi connectivity index (χ2v) is 5.13. The van der Waals surface area contributed by atoms with Gasteiger partial charge < -0.3 is 5.32 Å². The van der Waals surface area contributed by atoms with Crippen molar-refractivity contribution >= 4 is 11.6 Å². The molecule has 1 aliphatic carbocycles. The molecular weight excluding hydrogens is 222 g/mol. The van der Waals surface area contributed by atoms with Gasteiger partial charge in [0.1, 0.15) is 0 Å². The van der Waals surface area contributed by atoms with E-state index in [-0.39, 0.29) is 11.8 Å². The van der Waals surface area contributed by atoms with E-state index < -0.39 is 0 Å². The lowest BCUT2D eigenvalue weighted by Crippen LogP contribution is -2.21. The molecule has 0 atom stereocenters. The van der Waals surface area contributed by atoms with Gasteiger partial charge in [-0.15, -0.1) is 0 Å². The molecule has 1 fully saturated rings. The van der Waals surface area contributed by atoms with Crippen molar-refractivity contribution in [1.29, 1.82) is 0 Å². The number of nitrogens with one attached hydrogen (secondary N) is 1. The van der Waals surface area contributed by atoms with Gasteiger partial charge in [-0.25, -0.2) is 0 Å². The Morgan fingerprint density at radius 2 is 1.72 bits per heavy atom. The first kappa shape index (κ1) is 13.1. The minimum Gasteiger partial charge on any atom is -0.325 e. The van der Waals surface area contributed by atoms with Crippen molar-refractivity contribution in [2.75, 3.05) is 5.32 Å². The zero-order chi connectivity index (χ0) is 13.0. The number of hydrogen-bond acceptors (Lipinski definition) is 1. The molecule has 0 aliphatic heterocycles. The van der Waals surface area contributed by atoms with Gasteiger partial charge in [0.05, 0.1) is 0 Å². The van der Waals surface area contributed by atoms with Crippen molar-refractivity contribution in [3.63, 3.8) is 0 Å². The van der Waals surface area contributed by atoms with E-state index >= 15 is 0 Å². The van der Waals surface area contributed by atoms with Crippen LogP contribution in [0.15, 0.2) is 18.2 Å². The summed E-state index contributed by atoms with van der Waals surface area (Å²) in [6, 6.07) is 6.32. The fourth-order valence-electron chi connectivity index (χ4n) is 2.82. The standard InChI is InChI=1S/C16H23NO/c1-3-12-10-7-11-13(4-2)15(12)17-16(18)14-8-5-6-9-14/h7,10-11,14H,3-6,8-9H2,1-2H3,(H,17,18). The molecule has 0 radical (unpaired) electrons. The lowest BCUT2D eigenvalue weighted by atomic mass is 10.0. The number of amides is 1. The summed E-state index contributed by atoms with van der Waals surface area (Å²) < 4.78 is 0. The fraction of sp³-hybridized carbons (Fsp3) is 0.562. The van der Waals surface area contributed by atoms with Gasteiger partial charge in [0, 0.05) is 11.6 Å². The van der Waals surface area contributed by atoms with E-state index in [9.17, 15) is 4.79 Å². The Labute approximate surface area is 110 Å². The molecular formula is C16H23NO. The third kappa shape index (κ3) is 2.74. The van der Waals surface area contributed by atoms with E-state index in [0.29, 0.717) is 0 Å². The zero-order valence-corrected chi connectivity index (χ0v) is 11.5. The summed E-state index contributed by atoms with van der Waals surface area (Å²) in [6.07, 6.45) is 6.45. The Morgan fingerprint density at radius 3 is 2.22 bits per heavy atom. The number of anilines is 1. The number of carbonyl (C=O) groups is 1. The van der Waals surface area contributed by atoms with Crippen molar-refractivity contribution < 1.29 is 4.79 Å². The first-order valence-corrected chi connectivity index (χ1v) is 7.17. The van der Waals surface area contributed by atoms with Crippen molar-refractivity contribution in [1.82, 2.24) is 0 Å². The number of benzene rings is 1. The van der Waals surface area contributed by atoms with Crippen LogP contribution in [0.1, 0.15) is 50.7 Å². The summed E-state index contributed by atoms with van der Waals surface area (Å²) in [5.74, 6) is 0.461. The molecule has 2 nitrogen and oxygen atoms in total. The SMILES string of the molecule is CCc1cccc(CC)c1NC(=O)C1CCCC1. The molecule has 1 aromatic carbocycles. The smallest absolute Gasteiger partial charge is 0.227 e. The summed E-state index contributed by atoms with van der Waals surface area (Å²) >= 11 is 0. The van der Waals surface area contributed by atoms with Gasteiger partial charge in [-0.05, 0) is 36.8 Å². The number of para-hydroxylation sites is 1. The highest BCUT2D eigenvalue weighted by Gasteiger charge is 2.23. The maximum atomic E-state index is 12.2. The van der Waals surface area contributed by atoms with Gasteiger partial charge in [0.2, 0.25) is 5.91 Å². The second kappa shape index (κ2) is 6.03. The maximum Gasteiger partial charge on any atom is 0.227 e. The average Bonchev–Trinajstić information content (AvgIpc) is 2.93. The number of aryl methyl sites for hydroxylation is 2. The van der Waals surface area contributed by atoms with E-state index in [4.69, 9.17) is 0 Å². The van der Waals surface area contributed by atoms with Crippen LogP contribution in [-0.4, -0.2) is 5.91 Å². The lowest BCUT2D eigenvalue weighted by molar-refractivity contribution is -0.119. The summed E-state index contributed by atoms with van der Waals surface area (Å²) in [7, 11) is 0. The third-order valence-corrected chi connectivity index (χ3v) is 3.97. The van der Waals surface area contributed by atoms with Gasteiger partial charge in [-0.1, -0.05) is 44.9 Å². The van der Waals surface area contributed by atoms with Gasteiger partial charge in [-0.2, -0.15) is 0 Å². The number of carbonyl (C=O) groups excluding carboxylic acids is 1. The molecule has 1 N–H and O–H groups in total. The Morgan fingerprint density at radius 1 is 1.17 bits per heavy atom. The highest BCUT2D eigenvalue weighted by atomic mass is 16.1. The quantitative estimate of drug-likeness (QED) is 0.855. The molecule has 2 heteroatoms. The van der Waals surface area contributed by atoms with Crippen molar-refractivity contribution in [3.05, 3.63) is 29.3 Å². The van der Waals surface area contributed by atoms with E-state index in [0.717, 1.165) is 31.4 Å². The van der Waals surface area contributed by atoms with Crippen LogP contribution in [0.4, 0.5) is 5.69 Å². The van der Waals surface area contributed by atoms with E-state index in [1.165, 1.54) is 24.0 Å². The third-order valence-electron chi connectivity index (χ3n) is 3.97. The molecule has 0 aromatic heterocycles. The highest BCUT2D eigenvalue weighted by Crippen LogP contribution is 2.28. The number of hydrogen-bond donors (Lipinski definition) is 1. The van der Waals surface area contributed by atoms with Gasteiger partial charge >= 0.3 is 0 Å². The van der Waals surface area contributed by atoms with Crippen molar-refractivity contribution in [2.24, 2.45) is 5.92 Å². The molecule has 98 valence electrons. The Balaban J connectivity index is 2.18. The largest absolute Gasteiger partial charge is 0.325 e. The molecule has 0 bridgehead atoms. The van der Waals surface area contributed by atoms with Crippen LogP contribution in [0.3, 0.4) is 0 Å². The molecule has 0 saturated heterocycles. The van der Waals surface area contributed by atoms with Crippen LogP contribution in [0, 0.1) is 5.92 Å². The van der Waals surface area contributed by atoms with Crippen LogP contribution in [0.25, 0.3) is 0 Å². The van der Waals surface area contributed by atoms with Crippen LogP contribution in [0.2, 0.25) is 0 Å². The Bertz CT molecular complexity index is 397. The first-order valence-electron chi connectivity index (χ1n) is 7.17. The van der Waals surface area contributed by atoms with Crippen LogP contribution < -0.4 is 5.32 Å². The van der Waals surface area contributed by atoms with E-state index in [2.05, 4.69) is 37.4 Å². The van der Waals surface area contributed by atoms with Gasteiger partial charge in [0.15, 0.2) is 0 Å². The van der Waals surface area contributed by atoms with Crippen molar-refractivity contribution in [3.8, 4) is 0 Å². The molecule has 18 heavy (non-hydrogen) atoms. The maximum absolute atomic E-state index is 12.2. The van der Waals surface area contributed by atoms with Gasteiger partial charge in [0.25, 0.3) is 0 Å².